The van der Waals surface area contributed by atoms with Gasteiger partial charge in [-0.3, -0.25) is 9.59 Å². The van der Waals surface area contributed by atoms with Crippen molar-refractivity contribution in [3.63, 3.8) is 0 Å². The first-order valence-corrected chi connectivity index (χ1v) is 3.37. The molecule has 0 fully saturated rings. The van der Waals surface area contributed by atoms with Crippen molar-refractivity contribution in [1.29, 1.82) is 0 Å². The van der Waals surface area contributed by atoms with Crippen LogP contribution in [0.3, 0.4) is 0 Å². The van der Waals surface area contributed by atoms with Crippen molar-refractivity contribution in [3.05, 3.63) is 0 Å². The molecule has 0 aliphatic rings. The number of aliphatic hydroxyl groups is 1. The number of nitrogens with two attached hydrogens (primary N) is 1. The van der Waals surface area contributed by atoms with Gasteiger partial charge in [0.15, 0.2) is 0 Å². The molecule has 0 atom stereocenters. The lowest BCUT2D eigenvalue weighted by Gasteiger charge is -1.99. The summed E-state index contributed by atoms with van der Waals surface area (Å²) in [5.41, 5.74) is 4.65. The Morgan fingerprint density at radius 1 is 1.36 bits per heavy atom. The summed E-state index contributed by atoms with van der Waals surface area (Å²) in [6.07, 6.45) is 1.26. The fourth-order valence-electron chi connectivity index (χ4n) is 0.526. The van der Waals surface area contributed by atoms with Crippen molar-refractivity contribution >= 4 is 11.8 Å². The minimum Gasteiger partial charge on any atom is -0.396 e. The molecule has 5 nitrogen and oxygen atoms in total. The van der Waals surface area contributed by atoms with Crippen LogP contribution in [-0.2, 0) is 9.59 Å². The Balaban J connectivity index is 3.25. The van der Waals surface area contributed by atoms with Crippen LogP contribution in [-0.4, -0.2) is 30.1 Å². The highest BCUT2D eigenvalue weighted by molar-refractivity contribution is 6.34. The molecule has 0 aromatic carbocycles. The monoisotopic (exact) mass is 160 g/mol. The van der Waals surface area contributed by atoms with Crippen LogP contribution in [0.5, 0.6) is 0 Å². The molecule has 0 bridgehead atoms. The predicted molar refractivity (Wildman–Crippen MR) is 38.5 cm³/mol. The topological polar surface area (TPSA) is 92.4 Å². The van der Waals surface area contributed by atoms with Gasteiger partial charge < -0.3 is 16.2 Å². The summed E-state index contributed by atoms with van der Waals surface area (Å²) in [6.45, 7) is 0.467. The van der Waals surface area contributed by atoms with Gasteiger partial charge in [-0.15, -0.1) is 0 Å². The van der Waals surface area contributed by atoms with Crippen LogP contribution in [0.25, 0.3) is 0 Å². The zero-order valence-corrected chi connectivity index (χ0v) is 6.17. The van der Waals surface area contributed by atoms with E-state index in [0.717, 1.165) is 0 Å². The number of carbonyl (C=O) groups is 2. The Bertz CT molecular complexity index is 147. The third kappa shape index (κ3) is 5.35. The molecule has 0 saturated heterocycles. The van der Waals surface area contributed by atoms with Crippen molar-refractivity contribution in [1.82, 2.24) is 5.32 Å². The smallest absolute Gasteiger partial charge is 0.309 e. The zero-order chi connectivity index (χ0) is 8.69. The average Bonchev–Trinajstić information content (AvgIpc) is 1.97. The molecule has 0 aromatic rings. The molecule has 0 unspecified atom stereocenters. The molecule has 0 radical (unpaired) electrons. The average molecular weight is 160 g/mol. The first-order valence-electron chi connectivity index (χ1n) is 3.37. The fraction of sp³-hybridized carbons (Fsp3) is 0.667. The molecule has 64 valence electrons. The maximum absolute atomic E-state index is 10.5. The Morgan fingerprint density at radius 3 is 2.45 bits per heavy atom. The second-order valence-corrected chi connectivity index (χ2v) is 2.05. The molecule has 2 amide bonds. The Labute approximate surface area is 64.6 Å². The van der Waals surface area contributed by atoms with E-state index in [9.17, 15) is 9.59 Å². The number of rotatable bonds is 4. The van der Waals surface area contributed by atoms with Gasteiger partial charge in [0.2, 0.25) is 0 Å². The number of hydrogen-bond donors (Lipinski definition) is 3. The largest absolute Gasteiger partial charge is 0.396 e. The molecule has 0 spiro atoms. The van der Waals surface area contributed by atoms with Gasteiger partial charge in [0.05, 0.1) is 0 Å². The predicted octanol–water partition coefficient (Wildman–Crippen LogP) is -1.64. The van der Waals surface area contributed by atoms with Crippen LogP contribution in [0.1, 0.15) is 12.8 Å². The van der Waals surface area contributed by atoms with Gasteiger partial charge in [-0.2, -0.15) is 0 Å². The normalized spacial score (nSPS) is 9.18. The highest BCUT2D eigenvalue weighted by Crippen LogP contribution is 1.82. The summed E-state index contributed by atoms with van der Waals surface area (Å²) in [7, 11) is 0. The fourth-order valence-corrected chi connectivity index (χ4v) is 0.526. The van der Waals surface area contributed by atoms with E-state index in [1.807, 2.05) is 0 Å². The van der Waals surface area contributed by atoms with E-state index in [0.29, 0.717) is 19.4 Å². The van der Waals surface area contributed by atoms with Gasteiger partial charge in [0.25, 0.3) is 0 Å². The van der Waals surface area contributed by atoms with Crippen molar-refractivity contribution in [2.24, 2.45) is 5.73 Å². The van der Waals surface area contributed by atoms with E-state index in [1.54, 1.807) is 0 Å². The van der Waals surface area contributed by atoms with Gasteiger partial charge in [-0.05, 0) is 12.8 Å². The Kier molecular flexibility index (Phi) is 5.10. The molecular weight excluding hydrogens is 148 g/mol. The van der Waals surface area contributed by atoms with Crippen molar-refractivity contribution < 1.29 is 14.7 Å². The molecule has 0 rings (SSSR count). The third-order valence-electron chi connectivity index (χ3n) is 1.09. The molecule has 0 heterocycles. The van der Waals surface area contributed by atoms with Crippen LogP contribution in [0.4, 0.5) is 0 Å². The maximum Gasteiger partial charge on any atom is 0.309 e. The SMILES string of the molecule is NC(=O)C(=O)NCCCCO. The van der Waals surface area contributed by atoms with Crippen LogP contribution < -0.4 is 11.1 Å². The lowest BCUT2D eigenvalue weighted by molar-refractivity contribution is -0.137. The number of amides is 2. The maximum atomic E-state index is 10.5. The molecule has 4 N–H and O–H groups in total. The number of primary amides is 1. The highest BCUT2D eigenvalue weighted by Gasteiger charge is 2.05. The third-order valence-corrected chi connectivity index (χ3v) is 1.09. The number of hydrogen-bond acceptors (Lipinski definition) is 3. The van der Waals surface area contributed by atoms with Crippen LogP contribution in [0.15, 0.2) is 0 Å². The molecule has 0 saturated carbocycles. The first kappa shape index (κ1) is 9.90. The molecule has 11 heavy (non-hydrogen) atoms. The van der Waals surface area contributed by atoms with E-state index in [1.165, 1.54) is 0 Å². The number of nitrogens with one attached hydrogen (secondary N) is 1. The van der Waals surface area contributed by atoms with E-state index in [-0.39, 0.29) is 6.61 Å². The van der Waals surface area contributed by atoms with Crippen molar-refractivity contribution in [2.75, 3.05) is 13.2 Å². The number of carbonyl (C=O) groups excluding carboxylic acids is 2. The standard InChI is InChI=1S/C6H12N2O3/c7-5(10)6(11)8-3-1-2-4-9/h9H,1-4H2,(H2,7,10)(H,8,11). The summed E-state index contributed by atoms with van der Waals surface area (Å²) < 4.78 is 0. The van der Waals surface area contributed by atoms with Gasteiger partial charge >= 0.3 is 11.8 Å². The summed E-state index contributed by atoms with van der Waals surface area (Å²) in [5, 5.41) is 10.6. The summed E-state index contributed by atoms with van der Waals surface area (Å²) in [5.74, 6) is -1.75. The van der Waals surface area contributed by atoms with E-state index >= 15 is 0 Å². The van der Waals surface area contributed by atoms with Crippen LogP contribution >= 0.6 is 0 Å². The molecular formula is C6H12N2O3. The van der Waals surface area contributed by atoms with Gasteiger partial charge in [-0.25, -0.2) is 0 Å². The second kappa shape index (κ2) is 5.67. The Hall–Kier alpha value is -1.10. The van der Waals surface area contributed by atoms with Gasteiger partial charge in [0.1, 0.15) is 0 Å². The minimum atomic E-state index is -0.978. The summed E-state index contributed by atoms with van der Waals surface area (Å²) >= 11 is 0. The lowest BCUT2D eigenvalue weighted by Crippen LogP contribution is -2.36. The second-order valence-electron chi connectivity index (χ2n) is 2.05. The first-order chi connectivity index (χ1) is 5.18. The van der Waals surface area contributed by atoms with Crippen LogP contribution in [0.2, 0.25) is 0 Å². The number of aliphatic hydroxyl groups excluding tert-OH is 1. The summed E-state index contributed by atoms with van der Waals surface area (Å²) in [6, 6.07) is 0. The highest BCUT2D eigenvalue weighted by atomic mass is 16.3. The van der Waals surface area contributed by atoms with E-state index in [4.69, 9.17) is 5.11 Å². The minimum absolute atomic E-state index is 0.0897. The lowest BCUT2D eigenvalue weighted by atomic mass is 10.3. The molecule has 5 heteroatoms. The molecule has 0 aliphatic carbocycles. The Morgan fingerprint density at radius 2 is 2.00 bits per heavy atom. The molecule has 0 aromatic heterocycles. The van der Waals surface area contributed by atoms with Crippen molar-refractivity contribution in [2.45, 2.75) is 12.8 Å². The van der Waals surface area contributed by atoms with Gasteiger partial charge in [0, 0.05) is 13.2 Å². The van der Waals surface area contributed by atoms with E-state index < -0.39 is 11.8 Å². The number of unbranched alkanes of at least 4 members (excludes halogenated alkanes) is 1. The van der Waals surface area contributed by atoms with E-state index in [2.05, 4.69) is 11.1 Å². The molecule has 0 aliphatic heterocycles. The van der Waals surface area contributed by atoms with Crippen LogP contribution in [0, 0.1) is 0 Å². The summed E-state index contributed by atoms with van der Waals surface area (Å²) in [4.78, 5) is 20.6. The van der Waals surface area contributed by atoms with Gasteiger partial charge in [-0.1, -0.05) is 0 Å². The van der Waals surface area contributed by atoms with Crippen molar-refractivity contribution in [3.8, 4) is 0 Å². The quantitative estimate of drug-likeness (QED) is 0.340. The zero-order valence-electron chi connectivity index (χ0n) is 6.17.